The van der Waals surface area contributed by atoms with Gasteiger partial charge in [0, 0.05) is 0 Å². The van der Waals surface area contributed by atoms with Gasteiger partial charge in [-0.05, 0) is 20.8 Å². The van der Waals surface area contributed by atoms with E-state index in [2.05, 4.69) is 18.2 Å². The highest BCUT2D eigenvalue weighted by molar-refractivity contribution is 6.48. The first-order chi connectivity index (χ1) is 7.90. The molecule has 0 fully saturated rings. The number of hydrogen-bond acceptors (Lipinski definition) is 1. The molecule has 0 atom stereocenters. The average Bonchev–Trinajstić information content (AvgIpc) is 2.36. The summed E-state index contributed by atoms with van der Waals surface area (Å²) in [6.45, 7) is 0. The fourth-order valence-corrected chi connectivity index (χ4v) is 3.37. The average molecular weight is 218 g/mol. The van der Waals surface area contributed by atoms with E-state index in [0.717, 1.165) is 16.4 Å². The van der Waals surface area contributed by atoms with Gasteiger partial charge >= 0.3 is 0 Å². The molecule has 0 bridgehead atoms. The Kier molecular flexibility index (Phi) is 2.05. The number of nitriles is 1. The molecule has 16 heavy (non-hydrogen) atoms. The van der Waals surface area contributed by atoms with Crippen LogP contribution in [-0.2, 0) is 0 Å². The molecule has 3 rings (SSSR count). The van der Waals surface area contributed by atoms with Crippen molar-refractivity contribution in [3.63, 3.8) is 0 Å². The zero-order chi connectivity index (χ0) is 11.0. The van der Waals surface area contributed by atoms with E-state index in [-0.39, 0.29) is 0 Å². The number of benzene rings is 2. The van der Waals surface area contributed by atoms with Gasteiger partial charge in [0.2, 0.25) is 0 Å². The van der Waals surface area contributed by atoms with E-state index in [9.17, 15) is 5.26 Å². The van der Waals surface area contributed by atoms with Crippen LogP contribution in [0.25, 0.3) is 5.57 Å². The number of nitrogens with zero attached hydrogens (tertiary/aromatic N) is 1. The first kappa shape index (κ1) is 9.26. The summed E-state index contributed by atoms with van der Waals surface area (Å²) in [6, 6.07) is 18.7. The van der Waals surface area contributed by atoms with Crippen LogP contribution in [0.2, 0.25) is 0 Å². The Hall–Kier alpha value is -1.98. The third-order valence-electron chi connectivity index (χ3n) is 2.77. The van der Waals surface area contributed by atoms with E-state index in [1.54, 1.807) is 0 Å². The molecule has 2 aromatic rings. The number of hydrogen-bond donors (Lipinski definition) is 0. The molecular weight excluding hydrogens is 210 g/mol. The minimum absolute atomic E-state index is 0.661. The van der Waals surface area contributed by atoms with Crippen LogP contribution in [0.1, 0.15) is 5.56 Å². The minimum Gasteiger partial charge on any atom is -0.192 e. The summed E-state index contributed by atoms with van der Waals surface area (Å²) in [6.07, 6.45) is 0. The van der Waals surface area contributed by atoms with Crippen LogP contribution >= 0.6 is 0 Å². The second-order valence-electron chi connectivity index (χ2n) is 3.70. The van der Waals surface area contributed by atoms with Gasteiger partial charge in [0.15, 0.2) is 0 Å². The molecule has 0 amide bonds. The van der Waals surface area contributed by atoms with Gasteiger partial charge < -0.3 is 0 Å². The zero-order valence-corrected chi connectivity index (χ0v) is 9.57. The van der Waals surface area contributed by atoms with Crippen molar-refractivity contribution in [3.05, 3.63) is 64.1 Å². The molecule has 0 spiro atoms. The third kappa shape index (κ3) is 1.26. The summed E-state index contributed by atoms with van der Waals surface area (Å²) in [7, 11) is 0.661. The second-order valence-corrected chi connectivity index (χ2v) is 5.03. The van der Waals surface area contributed by atoms with Crippen LogP contribution in [0.4, 0.5) is 0 Å². The third-order valence-corrected chi connectivity index (χ3v) is 4.18. The predicted molar refractivity (Wildman–Crippen MR) is 64.9 cm³/mol. The van der Waals surface area contributed by atoms with Crippen molar-refractivity contribution in [3.8, 4) is 6.07 Å². The van der Waals surface area contributed by atoms with E-state index < -0.39 is 0 Å². The molecule has 0 saturated heterocycles. The molecule has 0 aromatic heterocycles. The van der Waals surface area contributed by atoms with Crippen LogP contribution in [0.5, 0.6) is 0 Å². The fraction of sp³-hybridized carbons (Fsp3) is 0. The standard InChI is InChI=1S/C14H8NSi/c15-9-12-10-5-1-3-7-13(10)16-14-8-4-2-6-11(12)14/h1-8H. The molecule has 0 aliphatic carbocycles. The lowest BCUT2D eigenvalue weighted by Crippen LogP contribution is -2.25. The maximum Gasteiger partial charge on any atom is 0.100 e. The summed E-state index contributed by atoms with van der Waals surface area (Å²) >= 11 is 0. The predicted octanol–water partition coefficient (Wildman–Crippen LogP) is 1.00. The topological polar surface area (TPSA) is 23.8 Å². The summed E-state index contributed by atoms with van der Waals surface area (Å²) in [5, 5.41) is 11.7. The van der Waals surface area contributed by atoms with E-state index in [0.29, 0.717) is 9.13 Å². The largest absolute Gasteiger partial charge is 0.192 e. The molecule has 73 valence electrons. The Morgan fingerprint density at radius 1 is 0.938 bits per heavy atom. The minimum atomic E-state index is 0.661. The Labute approximate surface area is 95.7 Å². The number of rotatable bonds is 0. The van der Waals surface area contributed by atoms with E-state index >= 15 is 0 Å². The Morgan fingerprint density at radius 3 is 2.56 bits per heavy atom. The highest BCUT2D eigenvalue weighted by atomic mass is 28.2. The monoisotopic (exact) mass is 218 g/mol. The van der Waals surface area contributed by atoms with Crippen LogP contribution in [0.15, 0.2) is 48.5 Å². The van der Waals surface area contributed by atoms with Crippen LogP contribution in [0, 0.1) is 16.1 Å². The molecule has 2 aromatic carbocycles. The van der Waals surface area contributed by atoms with Crippen molar-refractivity contribution in [1.82, 2.24) is 0 Å². The second kappa shape index (κ2) is 3.55. The smallest absolute Gasteiger partial charge is 0.100 e. The van der Waals surface area contributed by atoms with Gasteiger partial charge in [-0.3, -0.25) is 0 Å². The van der Waals surface area contributed by atoms with Gasteiger partial charge in [-0.1, -0.05) is 48.5 Å². The van der Waals surface area contributed by atoms with Crippen molar-refractivity contribution in [2.75, 3.05) is 0 Å². The molecule has 2 heteroatoms. The zero-order valence-electron chi connectivity index (χ0n) is 8.57. The molecular formula is C14H8NSi. The first-order valence-corrected chi connectivity index (χ1v) is 6.13. The molecule has 1 radical (unpaired) electrons. The summed E-state index contributed by atoms with van der Waals surface area (Å²) in [4.78, 5) is 1.28. The van der Waals surface area contributed by atoms with Crippen LogP contribution in [-0.4, -0.2) is 9.13 Å². The van der Waals surface area contributed by atoms with E-state index in [1.165, 1.54) is 10.0 Å². The van der Waals surface area contributed by atoms with Crippen LogP contribution < -0.4 is 10.4 Å². The number of fused-ring (bicyclic) bond motifs is 2. The molecule has 1 heterocycles. The first-order valence-electron chi connectivity index (χ1n) is 5.13. The van der Waals surface area contributed by atoms with Gasteiger partial charge in [-0.2, -0.15) is 5.26 Å². The summed E-state index contributed by atoms with van der Waals surface area (Å²) < 4.78 is 0. The lowest BCUT2D eigenvalue weighted by molar-refractivity contribution is 1.47. The van der Waals surface area contributed by atoms with Gasteiger partial charge in [0.1, 0.15) is 6.07 Å². The highest BCUT2D eigenvalue weighted by Gasteiger charge is 2.10. The Balaban J connectivity index is 2.54. The van der Waals surface area contributed by atoms with Gasteiger partial charge in [0.25, 0.3) is 0 Å². The molecule has 1 nitrogen and oxygen atoms in total. The van der Waals surface area contributed by atoms with Gasteiger partial charge in [0.05, 0.1) is 14.7 Å². The Bertz CT molecular complexity index is 723. The lowest BCUT2D eigenvalue weighted by Gasteiger charge is -2.09. The van der Waals surface area contributed by atoms with Crippen molar-refractivity contribution < 1.29 is 0 Å². The molecule has 1 aliphatic heterocycles. The van der Waals surface area contributed by atoms with Crippen LogP contribution in [0.3, 0.4) is 0 Å². The van der Waals surface area contributed by atoms with Gasteiger partial charge in [-0.15, -0.1) is 0 Å². The fourth-order valence-electron chi connectivity index (χ4n) is 2.03. The summed E-state index contributed by atoms with van der Waals surface area (Å²) in [5.74, 6) is 0. The van der Waals surface area contributed by atoms with E-state index in [1.807, 2.05) is 36.4 Å². The summed E-state index contributed by atoms with van der Waals surface area (Å²) in [5.41, 5.74) is 1.91. The Morgan fingerprint density at radius 2 is 1.69 bits per heavy atom. The van der Waals surface area contributed by atoms with Crippen molar-refractivity contribution in [1.29, 1.82) is 5.26 Å². The SMILES string of the molecule is N#CC1=c2ccccc2=[Si]c2ccccc21. The maximum atomic E-state index is 9.30. The quantitative estimate of drug-likeness (QED) is 0.605. The molecule has 1 aliphatic rings. The lowest BCUT2D eigenvalue weighted by atomic mass is 10.0. The highest BCUT2D eigenvalue weighted by Crippen LogP contribution is 2.09. The molecule has 0 N–H and O–H groups in total. The molecule has 0 saturated carbocycles. The maximum absolute atomic E-state index is 9.30. The van der Waals surface area contributed by atoms with Crippen molar-refractivity contribution in [2.24, 2.45) is 0 Å². The van der Waals surface area contributed by atoms with E-state index in [4.69, 9.17) is 0 Å². The van der Waals surface area contributed by atoms with Gasteiger partial charge in [-0.25, -0.2) is 0 Å². The van der Waals surface area contributed by atoms with Crippen molar-refractivity contribution in [2.45, 2.75) is 0 Å². The molecule has 0 unspecified atom stereocenters. The van der Waals surface area contributed by atoms with Crippen molar-refractivity contribution >= 4 is 19.9 Å². The normalized spacial score (nSPS) is 12.1.